The van der Waals surface area contributed by atoms with Crippen molar-refractivity contribution < 1.29 is 17.9 Å². The van der Waals surface area contributed by atoms with Crippen LogP contribution < -0.4 is 4.74 Å². The number of hydrogen-bond donors (Lipinski definition) is 0. The molecule has 0 saturated carbocycles. The molecule has 1 amide bonds. The summed E-state index contributed by atoms with van der Waals surface area (Å²) < 4.78 is 31.9. The fraction of sp³-hybridized carbons (Fsp3) is 0.417. The summed E-state index contributed by atoms with van der Waals surface area (Å²) in [6, 6.07) is 10.4. The summed E-state index contributed by atoms with van der Waals surface area (Å²) in [5.74, 6) is -0.0804. The normalized spacial score (nSPS) is 15.5. The predicted molar refractivity (Wildman–Crippen MR) is 127 cm³/mol. The minimum Gasteiger partial charge on any atom is -0.467 e. The van der Waals surface area contributed by atoms with Crippen LogP contribution in [0.3, 0.4) is 0 Å². The number of aryl methyl sites for hydroxylation is 2. The third-order valence-electron chi connectivity index (χ3n) is 5.97. The quantitative estimate of drug-likeness (QED) is 0.534. The van der Waals surface area contributed by atoms with E-state index in [-0.39, 0.29) is 16.9 Å². The van der Waals surface area contributed by atoms with Crippen LogP contribution in [0.15, 0.2) is 41.3 Å². The maximum absolute atomic E-state index is 12.9. The van der Waals surface area contributed by atoms with Crippen molar-refractivity contribution in [3.05, 3.63) is 53.1 Å². The Morgan fingerprint density at radius 2 is 1.69 bits per heavy atom. The van der Waals surface area contributed by atoms with Crippen molar-refractivity contribution in [2.45, 2.75) is 56.8 Å². The molecule has 1 saturated heterocycles. The number of piperidine rings is 1. The zero-order valence-electron chi connectivity index (χ0n) is 18.8. The van der Waals surface area contributed by atoms with Gasteiger partial charge in [-0.25, -0.2) is 13.4 Å². The number of ether oxygens (including phenoxy) is 1. The number of nitrogens with zero attached hydrogens (tertiary/aromatic N) is 2. The number of hydrogen-bond acceptors (Lipinski definition) is 6. The first kappa shape index (κ1) is 22.7. The Balaban J connectivity index is 1.38. The van der Waals surface area contributed by atoms with Gasteiger partial charge in [-0.3, -0.25) is 4.79 Å². The van der Waals surface area contributed by atoms with Gasteiger partial charge in [0.05, 0.1) is 20.4 Å². The fourth-order valence-electron chi connectivity index (χ4n) is 3.85. The molecule has 0 unspecified atom stereocenters. The second kappa shape index (κ2) is 8.83. The second-order valence-corrected chi connectivity index (χ2v) is 12.1. The van der Waals surface area contributed by atoms with Gasteiger partial charge in [0.2, 0.25) is 0 Å². The molecule has 0 radical (unpaired) electrons. The van der Waals surface area contributed by atoms with Gasteiger partial charge in [0.15, 0.2) is 9.84 Å². The van der Waals surface area contributed by atoms with Gasteiger partial charge in [-0.05, 0) is 63.1 Å². The predicted octanol–water partition coefficient (Wildman–Crippen LogP) is 4.78. The highest BCUT2D eigenvalue weighted by Crippen LogP contribution is 2.33. The average Bonchev–Trinajstić information content (AvgIpc) is 3.21. The fourth-order valence-corrected chi connectivity index (χ4v) is 5.94. The number of amides is 1. The number of benzene rings is 2. The van der Waals surface area contributed by atoms with Crippen LogP contribution >= 0.6 is 11.3 Å². The van der Waals surface area contributed by atoms with Crippen molar-refractivity contribution >= 4 is 37.3 Å². The van der Waals surface area contributed by atoms with Crippen molar-refractivity contribution in [1.82, 2.24) is 9.88 Å². The van der Waals surface area contributed by atoms with Crippen LogP contribution in [-0.2, 0) is 9.84 Å². The molecule has 0 spiro atoms. The minimum absolute atomic E-state index is 0.0267. The van der Waals surface area contributed by atoms with E-state index in [9.17, 15) is 13.2 Å². The Kier molecular flexibility index (Phi) is 6.27. The van der Waals surface area contributed by atoms with Gasteiger partial charge in [-0.15, -0.1) is 0 Å². The highest BCUT2D eigenvalue weighted by Gasteiger charge is 2.26. The third-order valence-corrected chi connectivity index (χ3v) is 9.22. The molecule has 0 atom stereocenters. The third kappa shape index (κ3) is 4.38. The largest absolute Gasteiger partial charge is 0.467 e. The first-order valence-electron chi connectivity index (χ1n) is 10.8. The maximum Gasteiger partial charge on any atom is 0.274 e. The number of sulfone groups is 1. The van der Waals surface area contributed by atoms with Crippen molar-refractivity contribution in [2.75, 3.05) is 13.1 Å². The molecule has 3 aromatic rings. The molecule has 0 aliphatic carbocycles. The highest BCUT2D eigenvalue weighted by atomic mass is 32.2. The molecule has 0 N–H and O–H groups in total. The Labute approximate surface area is 193 Å². The number of likely N-dealkylation sites (tertiary alicyclic amines) is 1. The summed E-state index contributed by atoms with van der Waals surface area (Å²) in [4.78, 5) is 19.6. The molecule has 0 bridgehead atoms. The molecule has 1 aromatic heterocycles. The van der Waals surface area contributed by atoms with Crippen LogP contribution in [0.2, 0.25) is 0 Å². The first-order valence-corrected chi connectivity index (χ1v) is 13.2. The molecule has 8 heteroatoms. The molecule has 32 heavy (non-hydrogen) atoms. The number of rotatable bonds is 5. The van der Waals surface area contributed by atoms with E-state index >= 15 is 0 Å². The summed E-state index contributed by atoms with van der Waals surface area (Å²) in [5, 5.41) is 0.190. The van der Waals surface area contributed by atoms with E-state index in [1.165, 1.54) is 17.7 Å². The van der Waals surface area contributed by atoms with Crippen LogP contribution in [0.5, 0.6) is 5.19 Å². The van der Waals surface area contributed by atoms with E-state index < -0.39 is 15.1 Å². The number of aromatic nitrogens is 1. The van der Waals surface area contributed by atoms with Crippen molar-refractivity contribution in [3.63, 3.8) is 0 Å². The lowest BCUT2D eigenvalue weighted by Crippen LogP contribution is -2.41. The van der Waals surface area contributed by atoms with Crippen LogP contribution in [0.4, 0.5) is 0 Å². The lowest BCUT2D eigenvalue weighted by atomic mass is 10.1. The van der Waals surface area contributed by atoms with Crippen molar-refractivity contribution in [1.29, 1.82) is 0 Å². The van der Waals surface area contributed by atoms with E-state index in [1.807, 2.05) is 0 Å². The van der Waals surface area contributed by atoms with Gasteiger partial charge in [-0.1, -0.05) is 23.5 Å². The second-order valence-electron chi connectivity index (χ2n) is 8.58. The van der Waals surface area contributed by atoms with Crippen LogP contribution in [0.25, 0.3) is 10.2 Å². The number of thiazole rings is 1. The molecule has 1 aliphatic heterocycles. The number of carbonyl (C=O) groups excluding carboxylic acids is 1. The van der Waals surface area contributed by atoms with Gasteiger partial charge in [0.25, 0.3) is 11.1 Å². The van der Waals surface area contributed by atoms with E-state index in [4.69, 9.17) is 4.74 Å². The van der Waals surface area contributed by atoms with Gasteiger partial charge >= 0.3 is 0 Å². The zero-order valence-corrected chi connectivity index (χ0v) is 20.4. The standard InChI is InChI=1S/C24H28N2O4S2/c1-15(2)32(28,29)20-9-7-18(8-10-20)23(27)26-13-11-19(12-14-26)30-24-25-21-16(3)5-6-17(4)22(21)31-24/h5-10,15,19H,11-14H2,1-4H3. The van der Waals surface area contributed by atoms with E-state index in [0.717, 1.165) is 28.6 Å². The number of carbonyl (C=O) groups is 1. The Morgan fingerprint density at radius 3 is 2.28 bits per heavy atom. The summed E-state index contributed by atoms with van der Waals surface area (Å²) in [7, 11) is -3.34. The molecular formula is C24H28N2O4S2. The molecular weight excluding hydrogens is 444 g/mol. The topological polar surface area (TPSA) is 76.6 Å². The number of fused-ring (bicyclic) bond motifs is 1. The van der Waals surface area contributed by atoms with Crippen LogP contribution in [-0.4, -0.2) is 48.7 Å². The van der Waals surface area contributed by atoms with E-state index in [1.54, 1.807) is 42.2 Å². The Bertz CT molecular complexity index is 1200. The van der Waals surface area contributed by atoms with Gasteiger partial charge in [-0.2, -0.15) is 0 Å². The van der Waals surface area contributed by atoms with Crippen molar-refractivity contribution in [2.24, 2.45) is 0 Å². The summed E-state index contributed by atoms with van der Waals surface area (Å²) in [5.41, 5.74) is 3.85. The molecule has 6 nitrogen and oxygen atoms in total. The summed E-state index contributed by atoms with van der Waals surface area (Å²) in [6.45, 7) is 8.63. The SMILES string of the molecule is Cc1ccc(C)c2sc(OC3CCN(C(=O)c4ccc(S(=O)(=O)C(C)C)cc4)CC3)nc12. The minimum atomic E-state index is -3.34. The lowest BCUT2D eigenvalue weighted by Gasteiger charge is -2.31. The molecule has 4 rings (SSSR count). The highest BCUT2D eigenvalue weighted by molar-refractivity contribution is 7.92. The average molecular weight is 473 g/mol. The monoisotopic (exact) mass is 472 g/mol. The van der Waals surface area contributed by atoms with E-state index in [2.05, 4.69) is 31.0 Å². The molecule has 170 valence electrons. The van der Waals surface area contributed by atoms with Gasteiger partial charge < -0.3 is 9.64 Å². The lowest BCUT2D eigenvalue weighted by molar-refractivity contribution is 0.0595. The maximum atomic E-state index is 12.9. The smallest absolute Gasteiger partial charge is 0.274 e. The van der Waals surface area contributed by atoms with Crippen LogP contribution in [0, 0.1) is 13.8 Å². The zero-order chi connectivity index (χ0) is 23.0. The van der Waals surface area contributed by atoms with Gasteiger partial charge in [0, 0.05) is 31.5 Å². The Hall–Kier alpha value is -2.45. The molecule has 1 aliphatic rings. The molecule has 2 heterocycles. The summed E-state index contributed by atoms with van der Waals surface area (Å²) >= 11 is 1.58. The first-order chi connectivity index (χ1) is 15.2. The molecule has 1 fully saturated rings. The molecule has 2 aromatic carbocycles. The van der Waals surface area contributed by atoms with E-state index in [0.29, 0.717) is 23.8 Å². The van der Waals surface area contributed by atoms with Crippen molar-refractivity contribution in [3.8, 4) is 5.19 Å². The summed E-state index contributed by atoms with van der Waals surface area (Å²) in [6.07, 6.45) is 1.50. The van der Waals surface area contributed by atoms with Crippen LogP contribution in [0.1, 0.15) is 48.2 Å². The van der Waals surface area contributed by atoms with Gasteiger partial charge in [0.1, 0.15) is 6.10 Å². The Morgan fingerprint density at radius 1 is 1.06 bits per heavy atom.